The Morgan fingerprint density at radius 3 is 2.64 bits per heavy atom. The molecule has 2 unspecified atom stereocenters. The molecule has 0 spiro atoms. The van der Waals surface area contributed by atoms with Gasteiger partial charge in [0.15, 0.2) is 5.88 Å². The zero-order valence-electron chi connectivity index (χ0n) is 14.5. The van der Waals surface area contributed by atoms with E-state index in [0.29, 0.717) is 18.9 Å². The molecule has 0 rings (SSSR count). The van der Waals surface area contributed by atoms with Gasteiger partial charge in [-0.1, -0.05) is 38.2 Å². The van der Waals surface area contributed by atoms with Crippen molar-refractivity contribution in [2.24, 2.45) is 0 Å². The van der Waals surface area contributed by atoms with E-state index in [2.05, 4.69) is 58.4 Å². The van der Waals surface area contributed by atoms with Gasteiger partial charge in [0.1, 0.15) is 14.5 Å². The van der Waals surface area contributed by atoms with Crippen LogP contribution in [0, 0.1) is 0 Å². The Morgan fingerprint density at radius 1 is 1.32 bits per heavy atom. The molecule has 22 heavy (non-hydrogen) atoms. The largest absolute Gasteiger partial charge is 0.475 e. The van der Waals surface area contributed by atoms with Gasteiger partial charge >= 0.3 is 0 Å². The SMILES string of the molecule is BC(CCC(O)CC=C)NC(=C)OCC(/C=C\CC)=C/CC. The predicted molar refractivity (Wildman–Crippen MR) is 98.4 cm³/mol. The molecule has 0 amide bonds. The monoisotopic (exact) mass is 305 g/mol. The van der Waals surface area contributed by atoms with Gasteiger partial charge < -0.3 is 15.2 Å². The molecule has 0 aliphatic rings. The number of hydrogen-bond acceptors (Lipinski definition) is 3. The molecule has 2 N–H and O–H groups in total. The van der Waals surface area contributed by atoms with E-state index >= 15 is 0 Å². The highest BCUT2D eigenvalue weighted by molar-refractivity contribution is 6.11. The molecule has 0 fully saturated rings. The van der Waals surface area contributed by atoms with Crippen LogP contribution in [0.1, 0.15) is 46.0 Å². The Morgan fingerprint density at radius 2 is 2.05 bits per heavy atom. The Balaban J connectivity index is 4.08. The number of hydrogen-bond donors (Lipinski definition) is 2. The van der Waals surface area contributed by atoms with E-state index in [-0.39, 0.29) is 12.0 Å². The standard InChI is InChI=1S/C18H32BNO2/c1-5-8-11-16(9-6-2)14-22-15(4)20-18(19)13-12-17(21)10-7-3/h7-9,11,17-18,20-21H,3-6,10,12-14,19H2,1-2H3/b11-8-,16-9+. The maximum Gasteiger partial charge on any atom is 0.179 e. The molecule has 0 aromatic carbocycles. The van der Waals surface area contributed by atoms with Crippen molar-refractivity contribution in [2.45, 2.75) is 58.0 Å². The predicted octanol–water partition coefficient (Wildman–Crippen LogP) is 3.04. The molecule has 0 aromatic heterocycles. The van der Waals surface area contributed by atoms with Crippen molar-refractivity contribution in [1.82, 2.24) is 5.32 Å². The fraction of sp³-hybridized carbons (Fsp3) is 0.556. The summed E-state index contributed by atoms with van der Waals surface area (Å²) in [7, 11) is 2.06. The van der Waals surface area contributed by atoms with E-state index in [1.54, 1.807) is 6.08 Å². The van der Waals surface area contributed by atoms with Crippen LogP contribution in [0.15, 0.2) is 48.9 Å². The Kier molecular flexibility index (Phi) is 12.4. The van der Waals surface area contributed by atoms with Gasteiger partial charge in [0.2, 0.25) is 0 Å². The summed E-state index contributed by atoms with van der Waals surface area (Å²) in [6.07, 6.45) is 12.1. The first-order chi connectivity index (χ1) is 10.5. The lowest BCUT2D eigenvalue weighted by Gasteiger charge is -2.19. The first kappa shape index (κ1) is 20.6. The normalized spacial score (nSPS) is 14.6. The highest BCUT2D eigenvalue weighted by Gasteiger charge is 2.08. The maximum atomic E-state index is 9.68. The minimum absolute atomic E-state index is 0.219. The number of ether oxygens (including phenoxy) is 1. The summed E-state index contributed by atoms with van der Waals surface area (Å²) in [5.41, 5.74) is 1.17. The highest BCUT2D eigenvalue weighted by Crippen LogP contribution is 2.07. The molecule has 0 saturated heterocycles. The second kappa shape index (κ2) is 13.3. The molecule has 0 bridgehead atoms. The molecule has 2 atom stereocenters. The summed E-state index contributed by atoms with van der Waals surface area (Å²) >= 11 is 0. The molecule has 0 aliphatic heterocycles. The van der Waals surface area contributed by atoms with Crippen LogP contribution in [-0.4, -0.2) is 31.6 Å². The van der Waals surface area contributed by atoms with Crippen LogP contribution in [0.4, 0.5) is 0 Å². The summed E-state index contributed by atoms with van der Waals surface area (Å²) in [5.74, 6) is 0.800. The molecule has 0 heterocycles. The van der Waals surface area contributed by atoms with Gasteiger partial charge in [-0.05, 0) is 50.2 Å². The van der Waals surface area contributed by atoms with Crippen LogP contribution in [-0.2, 0) is 4.74 Å². The molecular formula is C18H32BNO2. The van der Waals surface area contributed by atoms with Gasteiger partial charge in [-0.2, -0.15) is 0 Å². The summed E-state index contributed by atoms with van der Waals surface area (Å²) in [6, 6.07) is 0. The van der Waals surface area contributed by atoms with E-state index < -0.39 is 0 Å². The Bertz CT molecular complexity index is 377. The molecule has 4 heteroatoms. The molecule has 0 aromatic rings. The van der Waals surface area contributed by atoms with Crippen molar-refractivity contribution < 1.29 is 9.84 Å². The van der Waals surface area contributed by atoms with Gasteiger partial charge in [0, 0.05) is 0 Å². The third-order valence-corrected chi connectivity index (χ3v) is 3.23. The quantitative estimate of drug-likeness (QED) is 0.238. The first-order valence-electron chi connectivity index (χ1n) is 8.26. The van der Waals surface area contributed by atoms with Gasteiger partial charge in [0.05, 0.1) is 6.10 Å². The molecule has 0 radical (unpaired) electrons. The van der Waals surface area contributed by atoms with Crippen molar-refractivity contribution in [3.8, 4) is 0 Å². The lowest BCUT2D eigenvalue weighted by Crippen LogP contribution is -2.30. The van der Waals surface area contributed by atoms with Crippen LogP contribution >= 0.6 is 0 Å². The smallest absolute Gasteiger partial charge is 0.179 e. The molecule has 0 aliphatic carbocycles. The second-order valence-electron chi connectivity index (χ2n) is 5.51. The highest BCUT2D eigenvalue weighted by atomic mass is 16.5. The molecule has 124 valence electrons. The zero-order chi connectivity index (χ0) is 16.8. The first-order valence-corrected chi connectivity index (χ1v) is 8.26. The summed E-state index contributed by atoms with van der Waals surface area (Å²) < 4.78 is 5.67. The molecule has 3 nitrogen and oxygen atoms in total. The molecule has 0 saturated carbocycles. The van der Waals surface area contributed by atoms with E-state index in [4.69, 9.17) is 4.74 Å². The summed E-state index contributed by atoms with van der Waals surface area (Å²) in [4.78, 5) is 0. The summed E-state index contributed by atoms with van der Waals surface area (Å²) in [5, 5.41) is 12.9. The number of rotatable bonds is 13. The number of aliphatic hydroxyl groups excluding tert-OH is 1. The average Bonchev–Trinajstić information content (AvgIpc) is 2.48. The van der Waals surface area contributed by atoms with E-state index in [1.807, 2.05) is 0 Å². The lowest BCUT2D eigenvalue weighted by atomic mass is 9.90. The number of nitrogens with one attached hydrogen (secondary N) is 1. The van der Waals surface area contributed by atoms with Crippen LogP contribution in [0.25, 0.3) is 0 Å². The van der Waals surface area contributed by atoms with Gasteiger partial charge in [-0.15, -0.1) is 6.58 Å². The zero-order valence-corrected chi connectivity index (χ0v) is 14.5. The van der Waals surface area contributed by atoms with Crippen LogP contribution in [0.2, 0.25) is 0 Å². The van der Waals surface area contributed by atoms with Crippen molar-refractivity contribution in [3.05, 3.63) is 48.9 Å². The van der Waals surface area contributed by atoms with Crippen LogP contribution < -0.4 is 5.32 Å². The Labute approximate surface area is 137 Å². The third kappa shape index (κ3) is 11.3. The van der Waals surface area contributed by atoms with Crippen LogP contribution in [0.3, 0.4) is 0 Å². The van der Waals surface area contributed by atoms with Gasteiger partial charge in [-0.3, -0.25) is 0 Å². The fourth-order valence-electron chi connectivity index (χ4n) is 2.02. The number of aliphatic hydroxyl groups is 1. The van der Waals surface area contributed by atoms with Crippen LogP contribution in [0.5, 0.6) is 0 Å². The third-order valence-electron chi connectivity index (χ3n) is 3.23. The number of allylic oxidation sites excluding steroid dienone is 2. The van der Waals surface area contributed by atoms with E-state index in [1.165, 1.54) is 5.57 Å². The van der Waals surface area contributed by atoms with E-state index in [9.17, 15) is 5.11 Å². The minimum Gasteiger partial charge on any atom is -0.475 e. The van der Waals surface area contributed by atoms with E-state index in [0.717, 1.165) is 25.7 Å². The lowest BCUT2D eigenvalue weighted by molar-refractivity contribution is 0.161. The van der Waals surface area contributed by atoms with Crippen molar-refractivity contribution in [2.75, 3.05) is 6.61 Å². The van der Waals surface area contributed by atoms with Crippen molar-refractivity contribution in [1.29, 1.82) is 0 Å². The minimum atomic E-state index is -0.311. The van der Waals surface area contributed by atoms with Crippen molar-refractivity contribution >= 4 is 7.85 Å². The molecular weight excluding hydrogens is 273 g/mol. The second-order valence-corrected chi connectivity index (χ2v) is 5.51. The topological polar surface area (TPSA) is 41.5 Å². The van der Waals surface area contributed by atoms with Gasteiger partial charge in [0.25, 0.3) is 0 Å². The summed E-state index contributed by atoms with van der Waals surface area (Å²) in [6.45, 7) is 12.3. The average molecular weight is 305 g/mol. The maximum absolute atomic E-state index is 9.68. The fourth-order valence-corrected chi connectivity index (χ4v) is 2.02. The van der Waals surface area contributed by atoms with Crippen molar-refractivity contribution in [3.63, 3.8) is 0 Å². The Hall–Kier alpha value is -1.42. The van der Waals surface area contributed by atoms with Gasteiger partial charge in [-0.25, -0.2) is 0 Å².